The van der Waals surface area contributed by atoms with Crippen molar-refractivity contribution in [2.75, 3.05) is 19.8 Å². The molecule has 206 valence electrons. The predicted molar refractivity (Wildman–Crippen MR) is 134 cm³/mol. The molecule has 1 N–H and O–H groups in total. The number of carbonyl (C=O) groups excluding carboxylic acids is 2. The summed E-state index contributed by atoms with van der Waals surface area (Å²) in [6, 6.07) is 0. The monoisotopic (exact) mass is 528 g/mol. The lowest BCUT2D eigenvalue weighted by atomic mass is 9.51. The number of aliphatic hydroxyl groups excluding tert-OH is 1. The fraction of sp³-hybridized carbons (Fsp3) is 0.655. The highest BCUT2D eigenvalue weighted by atomic mass is 16.7. The number of hydrogen-bond donors (Lipinski definition) is 1. The molecule has 2 bridgehead atoms. The van der Waals surface area contributed by atoms with E-state index in [1.807, 2.05) is 13.8 Å². The molecule has 38 heavy (non-hydrogen) atoms. The second-order valence-corrected chi connectivity index (χ2v) is 11.7. The summed E-state index contributed by atoms with van der Waals surface area (Å²) >= 11 is 0. The van der Waals surface area contributed by atoms with E-state index in [2.05, 4.69) is 13.0 Å². The number of epoxide rings is 2. The van der Waals surface area contributed by atoms with Crippen LogP contribution in [0.25, 0.3) is 0 Å². The second-order valence-electron chi connectivity index (χ2n) is 11.7. The summed E-state index contributed by atoms with van der Waals surface area (Å²) in [5, 5.41) is 10.1. The maximum atomic E-state index is 13.0. The molecule has 0 amide bonds. The minimum Gasteiger partial charge on any atom is -0.462 e. The Kier molecular flexibility index (Phi) is 6.23. The van der Waals surface area contributed by atoms with Crippen molar-refractivity contribution in [1.82, 2.24) is 0 Å². The van der Waals surface area contributed by atoms with E-state index < -0.39 is 46.7 Å². The third-order valence-electron chi connectivity index (χ3n) is 9.58. The molecule has 0 unspecified atom stereocenters. The zero-order valence-corrected chi connectivity index (χ0v) is 22.3. The van der Waals surface area contributed by atoms with Gasteiger partial charge in [-0.2, -0.15) is 0 Å². The molecule has 3 saturated heterocycles. The molecule has 10 atom stereocenters. The molecule has 6 rings (SSSR count). The van der Waals surface area contributed by atoms with Crippen molar-refractivity contribution >= 4 is 11.9 Å². The van der Waals surface area contributed by atoms with E-state index in [0.717, 1.165) is 11.1 Å². The number of aliphatic hydroxyl groups is 1. The van der Waals surface area contributed by atoms with Crippen LogP contribution in [0.2, 0.25) is 0 Å². The van der Waals surface area contributed by atoms with Gasteiger partial charge in [-0.25, -0.2) is 9.59 Å². The summed E-state index contributed by atoms with van der Waals surface area (Å²) in [6.07, 6.45) is 8.09. The van der Waals surface area contributed by atoms with Crippen LogP contribution >= 0.6 is 0 Å². The Morgan fingerprint density at radius 1 is 1.08 bits per heavy atom. The van der Waals surface area contributed by atoms with E-state index in [9.17, 15) is 14.7 Å². The average molecular weight is 529 g/mol. The van der Waals surface area contributed by atoms with Crippen molar-refractivity contribution in [2.45, 2.75) is 88.9 Å². The van der Waals surface area contributed by atoms with Crippen LogP contribution in [0.1, 0.15) is 40.5 Å². The number of esters is 2. The second kappa shape index (κ2) is 9.13. The molecular weight excluding hydrogens is 492 g/mol. The largest absolute Gasteiger partial charge is 0.462 e. The number of cyclic esters (lactones) is 1. The lowest BCUT2D eigenvalue weighted by Gasteiger charge is -2.57. The van der Waals surface area contributed by atoms with Gasteiger partial charge in [0.25, 0.3) is 0 Å². The van der Waals surface area contributed by atoms with Gasteiger partial charge in [0.1, 0.15) is 36.6 Å². The summed E-state index contributed by atoms with van der Waals surface area (Å²) in [5.74, 6) is -0.948. The first-order chi connectivity index (χ1) is 18.1. The summed E-state index contributed by atoms with van der Waals surface area (Å²) in [5.41, 5.74) is -0.222. The van der Waals surface area contributed by atoms with Crippen LogP contribution in [0.4, 0.5) is 0 Å². The van der Waals surface area contributed by atoms with E-state index in [-0.39, 0.29) is 31.0 Å². The van der Waals surface area contributed by atoms with Crippen molar-refractivity contribution in [3.8, 4) is 0 Å². The molecule has 0 aromatic heterocycles. The number of rotatable bonds is 1. The van der Waals surface area contributed by atoms with E-state index >= 15 is 0 Å². The van der Waals surface area contributed by atoms with Gasteiger partial charge in [0.2, 0.25) is 0 Å². The van der Waals surface area contributed by atoms with Gasteiger partial charge in [-0.3, -0.25) is 0 Å². The number of hydrogen-bond acceptors (Lipinski definition) is 9. The summed E-state index contributed by atoms with van der Waals surface area (Å²) in [4.78, 5) is 26.0. The predicted octanol–water partition coefficient (Wildman–Crippen LogP) is 2.33. The molecule has 4 aliphatic heterocycles. The van der Waals surface area contributed by atoms with Crippen molar-refractivity contribution < 1.29 is 43.1 Å². The number of allylic oxidation sites excluding steroid dienone is 2. The van der Waals surface area contributed by atoms with Crippen LogP contribution in [-0.2, 0) is 38.0 Å². The lowest BCUT2D eigenvalue weighted by molar-refractivity contribution is -0.235. The smallest absolute Gasteiger partial charge is 0.331 e. The Morgan fingerprint density at radius 2 is 1.87 bits per heavy atom. The first kappa shape index (κ1) is 26.0. The Balaban J connectivity index is 1.38. The van der Waals surface area contributed by atoms with Gasteiger partial charge < -0.3 is 33.5 Å². The Morgan fingerprint density at radius 3 is 2.61 bits per heavy atom. The third kappa shape index (κ3) is 3.78. The zero-order valence-electron chi connectivity index (χ0n) is 22.3. The van der Waals surface area contributed by atoms with Crippen LogP contribution in [0, 0.1) is 10.8 Å². The first-order valence-corrected chi connectivity index (χ1v) is 13.4. The SMILES string of the molecule is CC1=C[C@H]2O[C@@H]3C[C@H]4OC(=O)/C=C\C=C\[C@H]([C@H](C)O)OCC/C(C)=C/C(=O)OC[C@@]2([C@H]2O[C@@H]12)[C@]4(C)[C@]31CO1. The number of fused-ring (bicyclic) bond motifs is 1. The van der Waals surface area contributed by atoms with Crippen LogP contribution in [0.15, 0.2) is 47.6 Å². The Hall–Kier alpha value is -2.30. The van der Waals surface area contributed by atoms with E-state index in [0.29, 0.717) is 26.1 Å². The van der Waals surface area contributed by atoms with E-state index in [4.69, 9.17) is 28.4 Å². The minimum atomic E-state index is -0.786. The molecule has 4 heterocycles. The van der Waals surface area contributed by atoms with Crippen LogP contribution < -0.4 is 0 Å². The zero-order chi connectivity index (χ0) is 26.9. The van der Waals surface area contributed by atoms with Crippen LogP contribution in [0.3, 0.4) is 0 Å². The highest BCUT2D eigenvalue weighted by Gasteiger charge is 2.87. The van der Waals surface area contributed by atoms with Gasteiger partial charge in [0, 0.05) is 18.6 Å². The van der Waals surface area contributed by atoms with E-state index in [1.165, 1.54) is 12.2 Å². The standard InChI is InChI=1S/C29H36O9/c1-16-9-10-33-19(18(3)30)7-5-6-8-23(31)37-20-13-22-29(15-35-29)27(20,4)28(14-34-24(32)11-16)21(36-22)12-17(2)25-26(28)38-25/h5-8,11-12,18-22,25-26,30H,9-10,13-15H2,1-4H3/b7-5+,8-6-,16-11+/t18-,19+,20+,21+,22+,25-,26-,27+,28+,29-/m0/s1. The Labute approximate surface area is 222 Å². The van der Waals surface area contributed by atoms with Gasteiger partial charge in [0.15, 0.2) is 0 Å². The van der Waals surface area contributed by atoms with Gasteiger partial charge in [0.05, 0.1) is 42.4 Å². The molecule has 9 nitrogen and oxygen atoms in total. The minimum absolute atomic E-state index is 0.0484. The molecule has 4 fully saturated rings. The van der Waals surface area contributed by atoms with Crippen molar-refractivity contribution in [2.24, 2.45) is 10.8 Å². The quantitative estimate of drug-likeness (QED) is 0.311. The van der Waals surface area contributed by atoms with Gasteiger partial charge in [-0.1, -0.05) is 36.8 Å². The van der Waals surface area contributed by atoms with Crippen LogP contribution in [-0.4, -0.2) is 85.2 Å². The molecular formula is C29H36O9. The molecule has 2 spiro atoms. The van der Waals surface area contributed by atoms with Crippen LogP contribution in [0.5, 0.6) is 0 Å². The highest BCUT2D eigenvalue weighted by molar-refractivity contribution is 5.83. The van der Waals surface area contributed by atoms with Gasteiger partial charge in [-0.05, 0) is 32.8 Å². The lowest BCUT2D eigenvalue weighted by Crippen LogP contribution is -2.69. The van der Waals surface area contributed by atoms with Crippen molar-refractivity contribution in [1.29, 1.82) is 0 Å². The fourth-order valence-corrected chi connectivity index (χ4v) is 7.26. The number of carbonyl (C=O) groups is 2. The fourth-order valence-electron chi connectivity index (χ4n) is 7.26. The molecule has 9 heteroatoms. The third-order valence-corrected chi connectivity index (χ3v) is 9.58. The summed E-state index contributed by atoms with van der Waals surface area (Å²) < 4.78 is 36.8. The van der Waals surface area contributed by atoms with Gasteiger partial charge >= 0.3 is 11.9 Å². The molecule has 0 radical (unpaired) electrons. The number of ether oxygens (including phenoxy) is 6. The van der Waals surface area contributed by atoms with Crippen molar-refractivity contribution in [3.63, 3.8) is 0 Å². The normalized spacial score (nSPS) is 50.0. The molecule has 2 aliphatic carbocycles. The first-order valence-electron chi connectivity index (χ1n) is 13.4. The molecule has 0 aromatic rings. The van der Waals surface area contributed by atoms with E-state index in [1.54, 1.807) is 25.2 Å². The topological polar surface area (TPSA) is 116 Å². The average Bonchev–Trinajstić information content (AvgIpc) is 3.76. The molecule has 6 aliphatic rings. The molecule has 0 aromatic carbocycles. The van der Waals surface area contributed by atoms with Crippen molar-refractivity contribution in [3.05, 3.63) is 47.6 Å². The maximum Gasteiger partial charge on any atom is 0.331 e. The Bertz CT molecular complexity index is 1130. The summed E-state index contributed by atoms with van der Waals surface area (Å²) in [6.45, 7) is 8.45. The van der Waals surface area contributed by atoms with Gasteiger partial charge in [-0.15, -0.1) is 0 Å². The summed E-state index contributed by atoms with van der Waals surface area (Å²) in [7, 11) is 0. The molecule has 1 saturated carbocycles. The maximum absolute atomic E-state index is 13.0. The highest BCUT2D eigenvalue weighted by Crippen LogP contribution is 2.74.